The topological polar surface area (TPSA) is 119 Å². The summed E-state index contributed by atoms with van der Waals surface area (Å²) in [5.41, 5.74) is 7.86. The number of unbranched alkanes of at least 4 members (excludes halogenated alkanes) is 1. The third kappa shape index (κ3) is 8.91. The molecule has 10 heteroatoms. The number of benzene rings is 1. The Labute approximate surface area is 195 Å². The van der Waals surface area contributed by atoms with E-state index < -0.39 is 0 Å². The van der Waals surface area contributed by atoms with E-state index in [-0.39, 0.29) is 6.73 Å². The van der Waals surface area contributed by atoms with Crippen LogP contribution in [0.2, 0.25) is 0 Å². The number of nitrogens with zero attached hydrogens (tertiary/aromatic N) is 2. The standard InChI is InChI=1S/C23H36N4O6/c1-5-6-7-31-8-9-32-10-11-33-16-26-23-25-15-18(22(24)27-23)12-17-13-19(28-2)21(30-4)20(14-17)29-3/h13-15H,5-12,16H2,1-4H3,(H3,24,25,26,27). The summed E-state index contributed by atoms with van der Waals surface area (Å²) >= 11 is 0. The molecule has 0 fully saturated rings. The molecular formula is C23H36N4O6. The van der Waals surface area contributed by atoms with Crippen molar-refractivity contribution in [3.05, 3.63) is 29.5 Å². The van der Waals surface area contributed by atoms with Gasteiger partial charge < -0.3 is 39.5 Å². The second kappa shape index (κ2) is 15.1. The Hall–Kier alpha value is -2.82. The van der Waals surface area contributed by atoms with E-state index in [4.69, 9.17) is 34.2 Å². The van der Waals surface area contributed by atoms with Gasteiger partial charge in [-0.3, -0.25) is 0 Å². The monoisotopic (exact) mass is 464 g/mol. The lowest BCUT2D eigenvalue weighted by Gasteiger charge is -2.14. The Morgan fingerprint density at radius 3 is 2.09 bits per heavy atom. The molecule has 1 aromatic heterocycles. The maximum atomic E-state index is 6.14. The lowest BCUT2D eigenvalue weighted by Crippen LogP contribution is -2.14. The van der Waals surface area contributed by atoms with Crippen LogP contribution in [0.5, 0.6) is 17.2 Å². The highest BCUT2D eigenvalue weighted by Gasteiger charge is 2.14. The Balaban J connectivity index is 1.77. The number of nitrogens with two attached hydrogens (primary N) is 1. The number of rotatable bonds is 17. The molecule has 0 atom stereocenters. The summed E-state index contributed by atoms with van der Waals surface area (Å²) in [4.78, 5) is 8.63. The molecule has 0 radical (unpaired) electrons. The van der Waals surface area contributed by atoms with Crippen LogP contribution in [0.25, 0.3) is 0 Å². The molecule has 3 N–H and O–H groups in total. The Morgan fingerprint density at radius 1 is 0.879 bits per heavy atom. The van der Waals surface area contributed by atoms with Crippen LogP contribution in [-0.2, 0) is 20.6 Å². The van der Waals surface area contributed by atoms with Crippen molar-refractivity contribution in [1.82, 2.24) is 9.97 Å². The number of aromatic nitrogens is 2. The SMILES string of the molecule is CCCCOCCOCCOCNc1ncc(Cc2cc(OC)c(OC)c(OC)c2)c(N)n1. The first-order valence-electron chi connectivity index (χ1n) is 11.0. The molecule has 0 aliphatic rings. The van der Waals surface area contributed by atoms with E-state index in [1.807, 2.05) is 12.1 Å². The van der Waals surface area contributed by atoms with Crippen LogP contribution < -0.4 is 25.3 Å². The van der Waals surface area contributed by atoms with Gasteiger partial charge in [-0.1, -0.05) is 13.3 Å². The maximum absolute atomic E-state index is 6.14. The molecule has 0 aliphatic carbocycles. The van der Waals surface area contributed by atoms with Crippen LogP contribution in [-0.4, -0.2) is 71.1 Å². The van der Waals surface area contributed by atoms with Crippen LogP contribution >= 0.6 is 0 Å². The fourth-order valence-corrected chi connectivity index (χ4v) is 2.97. The number of anilines is 2. The van der Waals surface area contributed by atoms with Gasteiger partial charge in [0.15, 0.2) is 11.5 Å². The summed E-state index contributed by atoms with van der Waals surface area (Å²) < 4.78 is 32.5. The normalized spacial score (nSPS) is 10.8. The molecule has 0 amide bonds. The predicted molar refractivity (Wildman–Crippen MR) is 126 cm³/mol. The van der Waals surface area contributed by atoms with Crippen LogP contribution in [0.1, 0.15) is 30.9 Å². The fraction of sp³-hybridized carbons (Fsp3) is 0.565. The van der Waals surface area contributed by atoms with Crippen LogP contribution in [0.4, 0.5) is 11.8 Å². The minimum atomic E-state index is 0.252. The Bertz CT molecular complexity index is 812. The molecule has 0 aliphatic heterocycles. The predicted octanol–water partition coefficient (Wildman–Crippen LogP) is 2.89. The van der Waals surface area contributed by atoms with Gasteiger partial charge in [-0.15, -0.1) is 0 Å². The quantitative estimate of drug-likeness (QED) is 0.267. The zero-order valence-electron chi connectivity index (χ0n) is 20.0. The summed E-state index contributed by atoms with van der Waals surface area (Å²) in [5, 5.41) is 2.99. The first kappa shape index (κ1) is 26.4. The molecule has 2 aromatic rings. The maximum Gasteiger partial charge on any atom is 0.226 e. The highest BCUT2D eigenvalue weighted by Crippen LogP contribution is 2.38. The molecule has 0 saturated carbocycles. The lowest BCUT2D eigenvalue weighted by molar-refractivity contribution is 0.0172. The molecule has 0 unspecified atom stereocenters. The van der Waals surface area contributed by atoms with E-state index in [1.54, 1.807) is 27.5 Å². The third-order valence-corrected chi connectivity index (χ3v) is 4.74. The van der Waals surface area contributed by atoms with Crippen molar-refractivity contribution in [1.29, 1.82) is 0 Å². The molecular weight excluding hydrogens is 428 g/mol. The number of hydrogen-bond donors (Lipinski definition) is 2. The minimum Gasteiger partial charge on any atom is -0.493 e. The highest BCUT2D eigenvalue weighted by molar-refractivity contribution is 5.55. The van der Waals surface area contributed by atoms with Crippen molar-refractivity contribution in [3.63, 3.8) is 0 Å². The molecule has 33 heavy (non-hydrogen) atoms. The average Bonchev–Trinajstić information content (AvgIpc) is 2.83. The minimum absolute atomic E-state index is 0.252. The summed E-state index contributed by atoms with van der Waals surface area (Å²) in [5.74, 6) is 2.47. The average molecular weight is 465 g/mol. The van der Waals surface area contributed by atoms with Crippen LogP contribution in [0.3, 0.4) is 0 Å². The lowest BCUT2D eigenvalue weighted by atomic mass is 10.1. The molecule has 2 rings (SSSR count). The number of nitrogens with one attached hydrogen (secondary N) is 1. The van der Waals surface area contributed by atoms with Gasteiger partial charge >= 0.3 is 0 Å². The van der Waals surface area contributed by atoms with Gasteiger partial charge in [0.1, 0.15) is 12.5 Å². The smallest absolute Gasteiger partial charge is 0.226 e. The van der Waals surface area contributed by atoms with Crippen molar-refractivity contribution in [2.45, 2.75) is 26.2 Å². The Morgan fingerprint density at radius 2 is 1.52 bits per heavy atom. The van der Waals surface area contributed by atoms with E-state index in [2.05, 4.69) is 22.2 Å². The van der Waals surface area contributed by atoms with E-state index >= 15 is 0 Å². The van der Waals surface area contributed by atoms with Crippen LogP contribution in [0, 0.1) is 0 Å². The summed E-state index contributed by atoms with van der Waals surface area (Å²) in [6.45, 7) is 5.29. The van der Waals surface area contributed by atoms with Gasteiger partial charge in [-0.05, 0) is 24.1 Å². The second-order valence-corrected chi connectivity index (χ2v) is 7.12. The molecule has 1 aromatic carbocycles. The molecule has 10 nitrogen and oxygen atoms in total. The van der Waals surface area contributed by atoms with E-state index in [1.165, 1.54) is 0 Å². The molecule has 184 valence electrons. The number of ether oxygens (including phenoxy) is 6. The number of hydrogen-bond acceptors (Lipinski definition) is 10. The van der Waals surface area contributed by atoms with Crippen molar-refractivity contribution >= 4 is 11.8 Å². The van der Waals surface area contributed by atoms with Gasteiger partial charge in [0.05, 0.1) is 47.8 Å². The van der Waals surface area contributed by atoms with Gasteiger partial charge in [-0.25, -0.2) is 4.98 Å². The van der Waals surface area contributed by atoms with Gasteiger partial charge in [0.2, 0.25) is 11.7 Å². The van der Waals surface area contributed by atoms with E-state index in [0.29, 0.717) is 61.9 Å². The number of nitrogen functional groups attached to an aromatic ring is 1. The van der Waals surface area contributed by atoms with Crippen molar-refractivity contribution < 1.29 is 28.4 Å². The second-order valence-electron chi connectivity index (χ2n) is 7.12. The van der Waals surface area contributed by atoms with E-state index in [9.17, 15) is 0 Å². The van der Waals surface area contributed by atoms with E-state index in [0.717, 1.165) is 30.6 Å². The summed E-state index contributed by atoms with van der Waals surface area (Å²) in [7, 11) is 4.73. The van der Waals surface area contributed by atoms with Gasteiger partial charge in [0.25, 0.3) is 0 Å². The van der Waals surface area contributed by atoms with Crippen molar-refractivity contribution in [2.75, 3.05) is 72.1 Å². The summed E-state index contributed by atoms with van der Waals surface area (Å²) in [6, 6.07) is 3.75. The fourth-order valence-electron chi connectivity index (χ4n) is 2.97. The first-order valence-corrected chi connectivity index (χ1v) is 11.0. The van der Waals surface area contributed by atoms with Gasteiger partial charge in [-0.2, -0.15) is 4.98 Å². The summed E-state index contributed by atoms with van der Waals surface area (Å²) in [6.07, 6.45) is 4.41. The Kier molecular flexibility index (Phi) is 12.1. The molecule has 1 heterocycles. The molecule has 0 spiro atoms. The zero-order valence-corrected chi connectivity index (χ0v) is 20.0. The number of methoxy groups -OCH3 is 3. The van der Waals surface area contributed by atoms with Crippen molar-refractivity contribution in [3.8, 4) is 17.2 Å². The van der Waals surface area contributed by atoms with Gasteiger partial charge in [0, 0.05) is 24.8 Å². The molecule has 0 bridgehead atoms. The zero-order chi connectivity index (χ0) is 23.9. The molecule has 0 saturated heterocycles. The third-order valence-electron chi connectivity index (χ3n) is 4.74. The highest BCUT2D eigenvalue weighted by atomic mass is 16.5. The van der Waals surface area contributed by atoms with Crippen molar-refractivity contribution in [2.24, 2.45) is 0 Å². The first-order chi connectivity index (χ1) is 16.1. The largest absolute Gasteiger partial charge is 0.493 e. The van der Waals surface area contributed by atoms with Crippen LogP contribution in [0.15, 0.2) is 18.3 Å².